The first-order valence-electron chi connectivity index (χ1n) is 8.21. The normalized spacial score (nSPS) is 25.2. The number of phosphoric acid groups is 3. The summed E-state index contributed by atoms with van der Waals surface area (Å²) in [6.07, 6.45) is 0.507. The van der Waals surface area contributed by atoms with Gasteiger partial charge in [-0.25, -0.2) is 28.6 Å². The van der Waals surface area contributed by atoms with Crippen LogP contribution >= 0.6 is 23.5 Å². The van der Waals surface area contributed by atoms with Crippen LogP contribution in [0.2, 0.25) is 0 Å². The van der Waals surface area contributed by atoms with Gasteiger partial charge in [-0.15, -0.1) is 0 Å². The molecule has 22 heteroatoms. The van der Waals surface area contributed by atoms with Crippen molar-refractivity contribution in [3.8, 4) is 0 Å². The highest BCUT2D eigenvalue weighted by Crippen LogP contribution is 2.66. The number of anilines is 1. The molecule has 6 N–H and O–H groups in total. The summed E-state index contributed by atoms with van der Waals surface area (Å²) < 4.78 is 52.8. The molecular formula is C10H15N8O11P3. The molecule has 0 spiro atoms. The van der Waals surface area contributed by atoms with Crippen molar-refractivity contribution in [2.45, 2.75) is 24.8 Å². The lowest BCUT2D eigenvalue weighted by Crippen LogP contribution is -2.18. The molecule has 2 unspecified atom stereocenters. The standard InChI is InChI=1S/C10H15N8O11P3/c11-8-7-9(14-3-13-8)18(4-15-7)10-6(16-17-12)1-5(27-10)2-26-31(22,23)29-32(24,25)28-30(19,20)21/h3-6,10H,1-2H2,(H,22,23)(H,24,25)(H2,11,13,14)(H2,19,20,21)/t5-,6+,10+/m0/s1. The van der Waals surface area contributed by atoms with Gasteiger partial charge in [0.1, 0.15) is 18.1 Å². The van der Waals surface area contributed by atoms with Gasteiger partial charge >= 0.3 is 23.5 Å². The van der Waals surface area contributed by atoms with Gasteiger partial charge in [-0.1, -0.05) is 5.11 Å². The van der Waals surface area contributed by atoms with E-state index >= 15 is 0 Å². The molecule has 5 atom stereocenters. The Balaban J connectivity index is 1.71. The van der Waals surface area contributed by atoms with Gasteiger partial charge in [-0.05, 0) is 12.0 Å². The summed E-state index contributed by atoms with van der Waals surface area (Å²) in [4.78, 5) is 50.4. The number of nitrogen functional groups attached to an aromatic ring is 1. The third-order valence-electron chi connectivity index (χ3n) is 3.87. The summed E-state index contributed by atoms with van der Waals surface area (Å²) in [5.74, 6) is 0.0938. The largest absolute Gasteiger partial charge is 0.490 e. The van der Waals surface area contributed by atoms with E-state index in [1.165, 1.54) is 17.2 Å². The molecule has 176 valence electrons. The van der Waals surface area contributed by atoms with Crippen molar-refractivity contribution in [2.24, 2.45) is 5.11 Å². The van der Waals surface area contributed by atoms with E-state index in [-0.39, 0.29) is 23.4 Å². The van der Waals surface area contributed by atoms with Gasteiger partial charge in [0.25, 0.3) is 0 Å². The van der Waals surface area contributed by atoms with Gasteiger partial charge in [0, 0.05) is 4.91 Å². The Hall–Kier alpha value is -1.97. The van der Waals surface area contributed by atoms with Gasteiger partial charge in [0.05, 0.1) is 25.1 Å². The highest BCUT2D eigenvalue weighted by molar-refractivity contribution is 7.66. The Bertz CT molecular complexity index is 1190. The second kappa shape index (κ2) is 9.11. The van der Waals surface area contributed by atoms with E-state index in [4.69, 9.17) is 30.7 Å². The van der Waals surface area contributed by atoms with Crippen molar-refractivity contribution >= 4 is 40.4 Å². The monoisotopic (exact) mass is 516 g/mol. The Labute approximate surface area is 177 Å². The molecule has 1 saturated heterocycles. The summed E-state index contributed by atoms with van der Waals surface area (Å²) in [6.45, 7) is -0.707. The number of nitrogens with zero attached hydrogens (tertiary/aromatic N) is 7. The van der Waals surface area contributed by atoms with Crippen LogP contribution in [0.3, 0.4) is 0 Å². The molecule has 0 saturated carbocycles. The molecule has 3 rings (SSSR count). The van der Waals surface area contributed by atoms with Crippen LogP contribution in [0.25, 0.3) is 21.6 Å². The Morgan fingerprint density at radius 3 is 2.59 bits per heavy atom. The molecule has 0 amide bonds. The summed E-state index contributed by atoms with van der Waals surface area (Å²) in [6, 6.07) is -0.844. The molecule has 19 nitrogen and oxygen atoms in total. The number of aromatic nitrogens is 4. The average Bonchev–Trinajstić information content (AvgIpc) is 3.22. The summed E-state index contributed by atoms with van der Waals surface area (Å²) in [5.41, 5.74) is 15.1. The number of nitrogens with two attached hydrogens (primary N) is 1. The number of hydrogen-bond acceptors (Lipinski definition) is 12. The number of hydrogen-bond donors (Lipinski definition) is 5. The van der Waals surface area contributed by atoms with Crippen molar-refractivity contribution in [2.75, 3.05) is 12.3 Å². The van der Waals surface area contributed by atoms with Crippen LogP contribution in [0, 0.1) is 0 Å². The molecule has 2 aromatic heterocycles. The van der Waals surface area contributed by atoms with Crippen LogP contribution in [0.5, 0.6) is 0 Å². The molecular weight excluding hydrogens is 501 g/mol. The summed E-state index contributed by atoms with van der Waals surface area (Å²) in [5, 5.41) is 3.61. The lowest BCUT2D eigenvalue weighted by Gasteiger charge is -2.19. The number of rotatable bonds is 9. The van der Waals surface area contributed by atoms with Gasteiger partial charge in [0.2, 0.25) is 0 Å². The quantitative estimate of drug-likeness (QED) is 0.133. The topological polar surface area (TPSA) is 287 Å². The first-order chi connectivity index (χ1) is 14.8. The predicted molar refractivity (Wildman–Crippen MR) is 101 cm³/mol. The number of phosphoric ester groups is 1. The van der Waals surface area contributed by atoms with Crippen molar-refractivity contribution in [3.63, 3.8) is 0 Å². The Kier molecular flexibility index (Phi) is 7.02. The molecule has 0 radical (unpaired) electrons. The SMILES string of the molecule is [N-]=[N+]=N[C@@H]1C[C@@H](COP(=O)(O)OP(=O)(O)OP(=O)(O)O)O[C@H]1n1cnc2c(N)ncnc21. The van der Waals surface area contributed by atoms with Crippen molar-refractivity contribution in [1.82, 2.24) is 19.5 Å². The molecule has 1 fully saturated rings. The van der Waals surface area contributed by atoms with E-state index in [2.05, 4.69) is 38.1 Å². The third kappa shape index (κ3) is 6.08. The number of azide groups is 1. The predicted octanol–water partition coefficient (Wildman–Crippen LogP) is 0.718. The lowest BCUT2D eigenvalue weighted by atomic mass is 10.2. The van der Waals surface area contributed by atoms with E-state index in [1.807, 2.05) is 0 Å². The van der Waals surface area contributed by atoms with E-state index in [0.717, 1.165) is 0 Å². The Morgan fingerprint density at radius 2 is 1.94 bits per heavy atom. The lowest BCUT2D eigenvalue weighted by molar-refractivity contribution is -0.0236. The zero-order valence-electron chi connectivity index (χ0n) is 15.5. The highest BCUT2D eigenvalue weighted by Gasteiger charge is 2.43. The molecule has 1 aliphatic heterocycles. The maximum Gasteiger partial charge on any atom is 0.490 e. The number of ether oxygens (including phenoxy) is 1. The molecule has 0 bridgehead atoms. The third-order valence-corrected chi connectivity index (χ3v) is 7.67. The van der Waals surface area contributed by atoms with E-state index in [0.29, 0.717) is 0 Å². The molecule has 2 aromatic rings. The van der Waals surface area contributed by atoms with Crippen molar-refractivity contribution < 1.29 is 51.2 Å². The first kappa shape index (κ1) is 24.7. The van der Waals surface area contributed by atoms with Gasteiger partial charge in [-0.3, -0.25) is 9.09 Å². The Morgan fingerprint density at radius 1 is 1.22 bits per heavy atom. The minimum atomic E-state index is -5.65. The summed E-state index contributed by atoms with van der Waals surface area (Å²) >= 11 is 0. The highest BCUT2D eigenvalue weighted by atomic mass is 31.3. The number of fused-ring (bicyclic) bond motifs is 1. The minimum absolute atomic E-state index is 0.0231. The fourth-order valence-electron chi connectivity index (χ4n) is 2.79. The molecule has 1 aliphatic rings. The maximum absolute atomic E-state index is 11.9. The van der Waals surface area contributed by atoms with Crippen molar-refractivity contribution in [1.29, 1.82) is 0 Å². The smallest absolute Gasteiger partial charge is 0.382 e. The molecule has 3 heterocycles. The van der Waals surface area contributed by atoms with Crippen molar-refractivity contribution in [3.05, 3.63) is 23.1 Å². The van der Waals surface area contributed by atoms with Gasteiger partial charge in [-0.2, -0.15) is 8.62 Å². The maximum atomic E-state index is 11.9. The summed E-state index contributed by atoms with van der Waals surface area (Å²) in [7, 11) is -16.5. The fraction of sp³-hybridized carbons (Fsp3) is 0.500. The van der Waals surface area contributed by atoms with E-state index in [9.17, 15) is 18.6 Å². The molecule has 0 aliphatic carbocycles. The van der Waals surface area contributed by atoms with Crippen LogP contribution in [-0.4, -0.2) is 57.8 Å². The minimum Gasteiger partial charge on any atom is -0.382 e. The van der Waals surface area contributed by atoms with E-state index in [1.54, 1.807) is 0 Å². The van der Waals surface area contributed by atoms with Crippen LogP contribution in [0.15, 0.2) is 17.8 Å². The molecule has 32 heavy (non-hydrogen) atoms. The van der Waals surface area contributed by atoms with Crippen LogP contribution in [0.4, 0.5) is 5.82 Å². The average molecular weight is 516 g/mol. The van der Waals surface area contributed by atoms with Crippen LogP contribution in [0.1, 0.15) is 12.6 Å². The van der Waals surface area contributed by atoms with Gasteiger partial charge in [0.15, 0.2) is 11.5 Å². The van der Waals surface area contributed by atoms with Crippen LogP contribution in [-0.2, 0) is 31.6 Å². The zero-order valence-corrected chi connectivity index (χ0v) is 18.2. The fourth-order valence-corrected chi connectivity index (χ4v) is 5.84. The van der Waals surface area contributed by atoms with E-state index < -0.39 is 48.4 Å². The second-order valence-electron chi connectivity index (χ2n) is 6.13. The zero-order chi connectivity index (χ0) is 23.7. The second-order valence-corrected chi connectivity index (χ2v) is 10.5. The van der Waals surface area contributed by atoms with Crippen LogP contribution < -0.4 is 5.73 Å². The molecule has 0 aromatic carbocycles. The first-order valence-corrected chi connectivity index (χ1v) is 12.7. The number of imidazole rings is 1. The van der Waals surface area contributed by atoms with Gasteiger partial charge < -0.3 is 30.0 Å².